The predicted octanol–water partition coefficient (Wildman–Crippen LogP) is 3.43. The van der Waals surface area contributed by atoms with Gasteiger partial charge in [0.05, 0.1) is 13.0 Å². The highest BCUT2D eigenvalue weighted by molar-refractivity contribution is 5.99. The number of benzene rings is 1. The fourth-order valence-corrected chi connectivity index (χ4v) is 2.54. The summed E-state index contributed by atoms with van der Waals surface area (Å²) in [5.41, 5.74) is 0.769. The number of carbonyl (C=O) groups excluding carboxylic acids is 2. The summed E-state index contributed by atoms with van der Waals surface area (Å²) in [5.74, 6) is -0.527. The number of ether oxygens (including phenoxy) is 2. The molecule has 0 spiro atoms. The van der Waals surface area contributed by atoms with Crippen molar-refractivity contribution in [2.45, 2.75) is 52.4 Å². The molecule has 6 heteroatoms. The SMILES string of the molecule is COCc1c(C(=O)N[C@@H](C)CC(=O)OC(C)(C)C)oc2ccccc12. The van der Waals surface area contributed by atoms with Gasteiger partial charge in [-0.15, -0.1) is 0 Å². The van der Waals surface area contributed by atoms with Gasteiger partial charge in [0, 0.05) is 24.1 Å². The first kappa shape index (κ1) is 19.0. The Labute approximate surface area is 147 Å². The molecule has 1 aromatic carbocycles. The number of nitrogens with one attached hydrogen (secondary N) is 1. The Morgan fingerprint density at radius 3 is 2.56 bits per heavy atom. The number of esters is 1. The number of methoxy groups -OCH3 is 1. The second-order valence-corrected chi connectivity index (χ2v) is 7.00. The maximum absolute atomic E-state index is 12.6. The average molecular weight is 347 g/mol. The van der Waals surface area contributed by atoms with Crippen molar-refractivity contribution in [3.05, 3.63) is 35.6 Å². The molecule has 0 fully saturated rings. The van der Waals surface area contributed by atoms with E-state index in [2.05, 4.69) is 5.32 Å². The highest BCUT2D eigenvalue weighted by Crippen LogP contribution is 2.26. The summed E-state index contributed by atoms with van der Waals surface area (Å²) >= 11 is 0. The summed E-state index contributed by atoms with van der Waals surface area (Å²) in [6.07, 6.45) is 0.0862. The third-order valence-corrected chi connectivity index (χ3v) is 3.46. The van der Waals surface area contributed by atoms with Crippen molar-refractivity contribution in [1.82, 2.24) is 5.32 Å². The molecule has 25 heavy (non-hydrogen) atoms. The number of fused-ring (bicyclic) bond motifs is 1. The van der Waals surface area contributed by atoms with Crippen molar-refractivity contribution in [2.75, 3.05) is 7.11 Å². The fraction of sp³-hybridized carbons (Fsp3) is 0.474. The molecule has 1 amide bonds. The monoisotopic (exact) mass is 347 g/mol. The highest BCUT2D eigenvalue weighted by Gasteiger charge is 2.23. The second kappa shape index (κ2) is 7.70. The van der Waals surface area contributed by atoms with Gasteiger partial charge in [0.25, 0.3) is 5.91 Å². The molecule has 2 aromatic rings. The highest BCUT2D eigenvalue weighted by atomic mass is 16.6. The number of furan rings is 1. The first-order chi connectivity index (χ1) is 11.7. The van der Waals surface area contributed by atoms with E-state index in [1.165, 1.54) is 0 Å². The molecule has 0 aliphatic heterocycles. The van der Waals surface area contributed by atoms with Crippen molar-refractivity contribution < 1.29 is 23.5 Å². The summed E-state index contributed by atoms with van der Waals surface area (Å²) in [6.45, 7) is 7.43. The van der Waals surface area contributed by atoms with Gasteiger partial charge < -0.3 is 19.2 Å². The van der Waals surface area contributed by atoms with Gasteiger partial charge in [0.2, 0.25) is 0 Å². The summed E-state index contributed by atoms with van der Waals surface area (Å²) in [7, 11) is 1.56. The van der Waals surface area contributed by atoms with Crippen molar-refractivity contribution in [3.8, 4) is 0 Å². The van der Waals surface area contributed by atoms with E-state index >= 15 is 0 Å². The summed E-state index contributed by atoms with van der Waals surface area (Å²) in [6, 6.07) is 7.02. The number of carbonyl (C=O) groups is 2. The number of rotatable bonds is 6. The molecule has 1 atom stereocenters. The Bertz CT molecular complexity index is 757. The first-order valence-corrected chi connectivity index (χ1v) is 8.23. The topological polar surface area (TPSA) is 77.8 Å². The van der Waals surface area contributed by atoms with Gasteiger partial charge in [-0.2, -0.15) is 0 Å². The van der Waals surface area contributed by atoms with Crippen molar-refractivity contribution in [2.24, 2.45) is 0 Å². The third kappa shape index (κ3) is 5.06. The minimum atomic E-state index is -0.550. The molecule has 2 rings (SSSR count). The third-order valence-electron chi connectivity index (χ3n) is 3.46. The molecule has 0 radical (unpaired) electrons. The zero-order valence-electron chi connectivity index (χ0n) is 15.3. The minimum absolute atomic E-state index is 0.0862. The summed E-state index contributed by atoms with van der Waals surface area (Å²) < 4.78 is 16.2. The maximum atomic E-state index is 12.6. The largest absolute Gasteiger partial charge is 0.460 e. The summed E-state index contributed by atoms with van der Waals surface area (Å²) in [4.78, 5) is 24.5. The lowest BCUT2D eigenvalue weighted by Gasteiger charge is -2.21. The molecule has 1 heterocycles. The van der Waals surface area contributed by atoms with Gasteiger partial charge in [-0.05, 0) is 33.8 Å². The second-order valence-electron chi connectivity index (χ2n) is 7.00. The zero-order chi connectivity index (χ0) is 18.6. The minimum Gasteiger partial charge on any atom is -0.460 e. The quantitative estimate of drug-likeness (QED) is 0.810. The molecule has 1 aromatic heterocycles. The smallest absolute Gasteiger partial charge is 0.308 e. The van der Waals surface area contributed by atoms with Crippen molar-refractivity contribution in [3.63, 3.8) is 0 Å². The molecule has 1 N–H and O–H groups in total. The van der Waals surface area contributed by atoms with E-state index in [0.29, 0.717) is 11.1 Å². The molecule has 0 aliphatic carbocycles. The van der Waals surface area contributed by atoms with Crippen LogP contribution in [0.4, 0.5) is 0 Å². The van der Waals surface area contributed by atoms with E-state index in [1.807, 2.05) is 18.2 Å². The lowest BCUT2D eigenvalue weighted by molar-refractivity contribution is -0.155. The van der Waals surface area contributed by atoms with Crippen LogP contribution in [-0.2, 0) is 20.9 Å². The van der Waals surface area contributed by atoms with E-state index in [0.717, 1.165) is 5.39 Å². The molecule has 0 aliphatic rings. The number of hydrogen-bond acceptors (Lipinski definition) is 5. The standard InChI is InChI=1S/C19H25NO5/c1-12(10-16(21)25-19(2,3)4)20-18(22)17-14(11-23-5)13-8-6-7-9-15(13)24-17/h6-9,12H,10-11H2,1-5H3,(H,20,22)/t12-/m0/s1. The molecular formula is C19H25NO5. The zero-order valence-corrected chi connectivity index (χ0v) is 15.3. The van der Waals surface area contributed by atoms with Gasteiger partial charge in [0.1, 0.15) is 11.2 Å². The van der Waals surface area contributed by atoms with Gasteiger partial charge in [0.15, 0.2) is 5.76 Å². The van der Waals surface area contributed by atoms with Crippen molar-refractivity contribution >= 4 is 22.8 Å². The normalized spacial score (nSPS) is 12.8. The van der Waals surface area contributed by atoms with E-state index < -0.39 is 5.60 Å². The Kier molecular flexibility index (Phi) is 5.85. The predicted molar refractivity (Wildman–Crippen MR) is 94.3 cm³/mol. The van der Waals surface area contributed by atoms with E-state index in [9.17, 15) is 9.59 Å². The molecule has 0 bridgehead atoms. The molecule has 0 unspecified atom stereocenters. The average Bonchev–Trinajstić information content (AvgIpc) is 2.84. The molecular weight excluding hydrogens is 322 g/mol. The number of para-hydroxylation sites is 1. The van der Waals surface area contributed by atoms with E-state index in [4.69, 9.17) is 13.9 Å². The van der Waals surface area contributed by atoms with E-state index in [-0.39, 0.29) is 36.7 Å². The van der Waals surface area contributed by atoms with Crippen LogP contribution < -0.4 is 5.32 Å². The van der Waals surface area contributed by atoms with Crippen LogP contribution in [0.25, 0.3) is 11.0 Å². The fourth-order valence-electron chi connectivity index (χ4n) is 2.54. The summed E-state index contributed by atoms with van der Waals surface area (Å²) in [5, 5.41) is 3.63. The lowest BCUT2D eigenvalue weighted by atomic mass is 10.1. The van der Waals surface area contributed by atoms with Crippen LogP contribution in [0.3, 0.4) is 0 Å². The molecule has 6 nitrogen and oxygen atoms in total. The Hall–Kier alpha value is -2.34. The van der Waals surface area contributed by atoms with Crippen LogP contribution in [0.1, 0.15) is 50.2 Å². The number of hydrogen-bond donors (Lipinski definition) is 1. The maximum Gasteiger partial charge on any atom is 0.308 e. The Morgan fingerprint density at radius 1 is 1.24 bits per heavy atom. The van der Waals surface area contributed by atoms with Crippen LogP contribution in [0.2, 0.25) is 0 Å². The van der Waals surface area contributed by atoms with Crippen LogP contribution in [0, 0.1) is 0 Å². The lowest BCUT2D eigenvalue weighted by Crippen LogP contribution is -2.36. The van der Waals surface area contributed by atoms with Gasteiger partial charge >= 0.3 is 5.97 Å². The molecule has 0 saturated carbocycles. The Balaban J connectivity index is 2.11. The molecule has 0 saturated heterocycles. The van der Waals surface area contributed by atoms with Gasteiger partial charge in [-0.25, -0.2) is 0 Å². The van der Waals surface area contributed by atoms with Crippen LogP contribution in [0.5, 0.6) is 0 Å². The van der Waals surface area contributed by atoms with Crippen LogP contribution >= 0.6 is 0 Å². The van der Waals surface area contributed by atoms with Crippen molar-refractivity contribution in [1.29, 1.82) is 0 Å². The Morgan fingerprint density at radius 2 is 1.92 bits per heavy atom. The molecule has 136 valence electrons. The van der Waals surface area contributed by atoms with Gasteiger partial charge in [-0.1, -0.05) is 18.2 Å². The van der Waals surface area contributed by atoms with Gasteiger partial charge in [-0.3, -0.25) is 9.59 Å². The van der Waals surface area contributed by atoms with Crippen LogP contribution in [-0.4, -0.2) is 30.6 Å². The van der Waals surface area contributed by atoms with Crippen LogP contribution in [0.15, 0.2) is 28.7 Å². The van der Waals surface area contributed by atoms with E-state index in [1.54, 1.807) is 40.9 Å². The first-order valence-electron chi connectivity index (χ1n) is 8.23. The number of amides is 1.